The average molecular weight is 311 g/mol. The highest BCUT2D eigenvalue weighted by Crippen LogP contribution is 2.37. The maximum Gasteiger partial charge on any atom is 0.415 e. The van der Waals surface area contributed by atoms with Gasteiger partial charge in [0.05, 0.1) is 0 Å². The van der Waals surface area contributed by atoms with Gasteiger partial charge in [-0.3, -0.25) is 11.1 Å². The molecule has 5 nitrogen and oxygen atoms in total. The summed E-state index contributed by atoms with van der Waals surface area (Å²) in [6, 6.07) is 12.8. The summed E-state index contributed by atoms with van der Waals surface area (Å²) in [4.78, 5) is 12.5. The maximum atomic E-state index is 12.5. The number of hydrogen-bond donors (Lipinski definition) is 3. The molecule has 5 heteroatoms. The number of para-hydroxylation sites is 1. The largest absolute Gasteiger partial charge is 0.504 e. The molecule has 0 saturated heterocycles. The lowest BCUT2D eigenvalue weighted by Crippen LogP contribution is -2.44. The van der Waals surface area contributed by atoms with Crippen LogP contribution >= 0.6 is 0 Å². The Morgan fingerprint density at radius 2 is 2.17 bits per heavy atom. The second-order valence-electron chi connectivity index (χ2n) is 5.51. The molecular formula is C18H19N2O3+. The molecule has 1 unspecified atom stereocenters. The summed E-state index contributed by atoms with van der Waals surface area (Å²) in [6.07, 6.45) is 0.380. The van der Waals surface area contributed by atoms with E-state index in [1.54, 1.807) is 6.07 Å². The summed E-state index contributed by atoms with van der Waals surface area (Å²) < 4.78 is 5.51. The average Bonchev–Trinajstić information content (AvgIpc) is 2.55. The molecule has 0 spiro atoms. The molecule has 0 fully saturated rings. The number of hydrogen-bond acceptors (Lipinski definition) is 4. The van der Waals surface area contributed by atoms with Gasteiger partial charge in [0.15, 0.2) is 11.5 Å². The molecule has 1 aliphatic heterocycles. The van der Waals surface area contributed by atoms with Gasteiger partial charge in [0, 0.05) is 11.3 Å². The third-order valence-corrected chi connectivity index (χ3v) is 3.93. The number of anilines is 1. The molecule has 23 heavy (non-hydrogen) atoms. The molecule has 3 rings (SSSR count). The van der Waals surface area contributed by atoms with Gasteiger partial charge >= 0.3 is 12.1 Å². The number of rotatable bonds is 3. The van der Waals surface area contributed by atoms with Crippen LogP contribution in [0.4, 0.5) is 5.69 Å². The normalized spacial score (nSPS) is 16.4. The first-order chi connectivity index (χ1) is 11.1. The van der Waals surface area contributed by atoms with E-state index in [0.717, 1.165) is 23.2 Å². The molecule has 118 valence electrons. The topological polar surface area (TPSA) is 84.6 Å². The predicted molar refractivity (Wildman–Crippen MR) is 88.1 cm³/mol. The lowest BCUT2D eigenvalue weighted by Gasteiger charge is -2.22. The van der Waals surface area contributed by atoms with Crippen molar-refractivity contribution in [2.24, 2.45) is 5.73 Å². The van der Waals surface area contributed by atoms with Crippen molar-refractivity contribution in [3.63, 3.8) is 0 Å². The summed E-state index contributed by atoms with van der Waals surface area (Å²) >= 11 is 0. The van der Waals surface area contributed by atoms with Crippen LogP contribution < -0.4 is 15.8 Å². The molecule has 4 N–H and O–H groups in total. The van der Waals surface area contributed by atoms with E-state index < -0.39 is 6.23 Å². The summed E-state index contributed by atoms with van der Waals surface area (Å²) in [5.74, 6) is 0.558. The van der Waals surface area contributed by atoms with Crippen molar-refractivity contribution in [3.05, 3.63) is 59.5 Å². The fraction of sp³-hybridized carbons (Fsp3) is 0.222. The minimum atomic E-state index is -0.870. The molecule has 1 aliphatic rings. The Morgan fingerprint density at radius 1 is 1.39 bits per heavy atom. The summed E-state index contributed by atoms with van der Waals surface area (Å²) in [6.45, 7) is 2.06. The zero-order chi connectivity index (χ0) is 16.4. The van der Waals surface area contributed by atoms with Gasteiger partial charge in [-0.2, -0.15) is 0 Å². The predicted octanol–water partition coefficient (Wildman–Crippen LogP) is 2.39. The highest BCUT2D eigenvalue weighted by atomic mass is 16.5. The third-order valence-electron chi connectivity index (χ3n) is 3.93. The zero-order valence-electron chi connectivity index (χ0n) is 12.9. The van der Waals surface area contributed by atoms with Crippen molar-refractivity contribution in [1.82, 2.24) is 0 Å². The molecular weight excluding hydrogens is 292 g/mol. The molecule has 1 atom stereocenters. The number of amides is 1. The van der Waals surface area contributed by atoms with Gasteiger partial charge < -0.3 is 9.84 Å². The van der Waals surface area contributed by atoms with E-state index >= 15 is 0 Å². The number of aromatic hydroxyl groups is 1. The first-order valence-electron chi connectivity index (χ1n) is 7.57. The number of aryl methyl sites for hydroxylation is 1. The number of nitrogens with one attached hydrogen (secondary N) is 1. The molecule has 0 bridgehead atoms. The van der Waals surface area contributed by atoms with E-state index in [9.17, 15) is 9.90 Å². The Morgan fingerprint density at radius 3 is 2.96 bits per heavy atom. The van der Waals surface area contributed by atoms with Gasteiger partial charge in [-0.1, -0.05) is 31.2 Å². The number of carbonyl (C=O) groups is 1. The van der Waals surface area contributed by atoms with E-state index in [-0.39, 0.29) is 11.7 Å². The molecule has 0 saturated carbocycles. The van der Waals surface area contributed by atoms with E-state index in [2.05, 4.69) is 12.2 Å². The highest BCUT2D eigenvalue weighted by molar-refractivity contribution is 6.02. The quantitative estimate of drug-likeness (QED) is 0.760. The first kappa shape index (κ1) is 15.2. The standard InChI is InChI=1S/C18H18N2O3/c1-2-11-5-3-7-13(9-11)20-18(22)14-10-12-6-4-8-15(21)16(12)23-17(14)19/h3-9,17H,2,10,19H2,1H3,(H-,20,21,22)/p+1. The van der Waals surface area contributed by atoms with Gasteiger partial charge in [-0.15, -0.1) is 0 Å². The van der Waals surface area contributed by atoms with Gasteiger partial charge in [0.1, 0.15) is 6.42 Å². The minimum absolute atomic E-state index is 0.0352. The lowest BCUT2D eigenvalue weighted by molar-refractivity contribution is -0.116. The highest BCUT2D eigenvalue weighted by Gasteiger charge is 2.45. The van der Waals surface area contributed by atoms with Crippen LogP contribution in [0.5, 0.6) is 11.5 Å². The second kappa shape index (κ2) is 6.22. The number of nitrogens with two attached hydrogens (primary N) is 1. The fourth-order valence-corrected chi connectivity index (χ4v) is 2.64. The van der Waals surface area contributed by atoms with Crippen LogP contribution in [0.15, 0.2) is 42.5 Å². The van der Waals surface area contributed by atoms with E-state index in [1.807, 2.05) is 30.3 Å². The number of carbonyl (C=O) groups excluding carboxylic acids is 1. The molecule has 0 radical (unpaired) electrons. The number of fused-ring (bicyclic) bond motifs is 1. The van der Waals surface area contributed by atoms with Gasteiger partial charge in [-0.25, -0.2) is 4.79 Å². The Kier molecular flexibility index (Phi) is 4.12. The SMILES string of the molecule is CCc1cccc(NC(=O)[C+]2Cc3cccc(O)c3OC2N)c1. The van der Waals surface area contributed by atoms with E-state index in [0.29, 0.717) is 18.1 Å². The molecule has 0 aromatic heterocycles. The Hall–Kier alpha value is -2.66. The molecule has 2 aromatic carbocycles. The summed E-state index contributed by atoms with van der Waals surface area (Å²) in [5.41, 5.74) is 8.57. The van der Waals surface area contributed by atoms with Crippen LogP contribution in [0.2, 0.25) is 0 Å². The minimum Gasteiger partial charge on any atom is -0.504 e. The van der Waals surface area contributed by atoms with Crippen LogP contribution in [0.25, 0.3) is 0 Å². The number of phenolic OH excluding ortho intramolecular Hbond substituents is 1. The Labute approximate surface area is 135 Å². The molecule has 1 heterocycles. The summed E-state index contributed by atoms with van der Waals surface area (Å²) in [5, 5.41) is 12.7. The number of benzene rings is 2. The monoisotopic (exact) mass is 311 g/mol. The molecule has 0 aliphatic carbocycles. The zero-order valence-corrected chi connectivity index (χ0v) is 12.9. The summed E-state index contributed by atoms with van der Waals surface area (Å²) in [7, 11) is 0. The Balaban J connectivity index is 1.77. The fourth-order valence-electron chi connectivity index (χ4n) is 2.64. The number of ether oxygens (including phenoxy) is 1. The molecule has 1 amide bonds. The van der Waals surface area contributed by atoms with Crippen LogP contribution in [-0.2, 0) is 17.6 Å². The van der Waals surface area contributed by atoms with Crippen molar-refractivity contribution in [2.75, 3.05) is 5.32 Å². The van der Waals surface area contributed by atoms with Crippen LogP contribution in [0, 0.1) is 5.92 Å². The van der Waals surface area contributed by atoms with E-state index in [1.165, 1.54) is 6.07 Å². The Bertz CT molecular complexity index is 730. The smallest absolute Gasteiger partial charge is 0.415 e. The van der Waals surface area contributed by atoms with Crippen LogP contribution in [0.1, 0.15) is 18.1 Å². The second-order valence-corrected chi connectivity index (χ2v) is 5.51. The maximum absolute atomic E-state index is 12.5. The molecule has 2 aromatic rings. The van der Waals surface area contributed by atoms with Gasteiger partial charge in [-0.05, 0) is 30.2 Å². The van der Waals surface area contributed by atoms with Gasteiger partial charge in [0.25, 0.3) is 5.92 Å². The van der Waals surface area contributed by atoms with Crippen molar-refractivity contribution in [1.29, 1.82) is 0 Å². The third kappa shape index (κ3) is 3.10. The first-order valence-corrected chi connectivity index (χ1v) is 7.57. The van der Waals surface area contributed by atoms with Crippen molar-refractivity contribution >= 4 is 11.6 Å². The number of phenols is 1. The lowest BCUT2D eigenvalue weighted by atomic mass is 9.93. The van der Waals surface area contributed by atoms with Gasteiger partial charge in [0.2, 0.25) is 0 Å². The van der Waals surface area contributed by atoms with Crippen LogP contribution in [-0.4, -0.2) is 17.2 Å². The van der Waals surface area contributed by atoms with E-state index in [4.69, 9.17) is 10.5 Å². The van der Waals surface area contributed by atoms with Crippen LogP contribution in [0.3, 0.4) is 0 Å². The van der Waals surface area contributed by atoms with Crippen molar-refractivity contribution in [3.8, 4) is 11.5 Å². The van der Waals surface area contributed by atoms with Crippen molar-refractivity contribution < 1.29 is 14.6 Å². The van der Waals surface area contributed by atoms with Crippen molar-refractivity contribution in [2.45, 2.75) is 26.0 Å².